The highest BCUT2D eigenvalue weighted by atomic mass is 15.3. The number of hydrogen-bond donors (Lipinski definition) is 1. The van der Waals surface area contributed by atoms with Crippen LogP contribution in [-0.4, -0.2) is 54.6 Å². The van der Waals surface area contributed by atoms with Crippen LogP contribution >= 0.6 is 0 Å². The number of likely N-dealkylation sites (tertiary alicyclic amines) is 1. The topological polar surface area (TPSA) is 32.5 Å². The van der Waals surface area contributed by atoms with Crippen LogP contribution in [0.4, 0.5) is 0 Å². The van der Waals surface area contributed by atoms with Gasteiger partial charge in [0.25, 0.3) is 0 Å². The minimum Gasteiger partial charge on any atom is -0.329 e. The maximum atomic E-state index is 6.12. The van der Waals surface area contributed by atoms with Crippen molar-refractivity contribution in [2.24, 2.45) is 5.73 Å². The zero-order valence-corrected chi connectivity index (χ0v) is 10.9. The molecule has 1 aliphatic carbocycles. The van der Waals surface area contributed by atoms with Crippen LogP contribution in [0.2, 0.25) is 0 Å². The van der Waals surface area contributed by atoms with E-state index >= 15 is 0 Å². The third kappa shape index (κ3) is 2.41. The Balaban J connectivity index is 2.05. The molecular formula is C13H27N3. The number of rotatable bonds is 5. The molecule has 2 N–H and O–H groups in total. The van der Waals surface area contributed by atoms with E-state index < -0.39 is 0 Å². The number of piperidine rings is 1. The molecule has 0 amide bonds. The van der Waals surface area contributed by atoms with Crippen molar-refractivity contribution in [3.05, 3.63) is 0 Å². The van der Waals surface area contributed by atoms with Gasteiger partial charge in [-0.2, -0.15) is 0 Å². The summed E-state index contributed by atoms with van der Waals surface area (Å²) in [6.07, 6.45) is 6.58. The summed E-state index contributed by atoms with van der Waals surface area (Å²) in [6.45, 7) is 6.80. The van der Waals surface area contributed by atoms with Gasteiger partial charge in [0.2, 0.25) is 0 Å². The smallest absolute Gasteiger partial charge is 0.0358 e. The van der Waals surface area contributed by atoms with E-state index in [1.165, 1.54) is 51.7 Å². The molecule has 2 aliphatic rings. The molecule has 0 aromatic heterocycles. The van der Waals surface area contributed by atoms with Crippen LogP contribution in [0.25, 0.3) is 0 Å². The summed E-state index contributed by atoms with van der Waals surface area (Å²) in [5, 5.41) is 0. The molecule has 1 aliphatic heterocycles. The van der Waals surface area contributed by atoms with Gasteiger partial charge in [0.15, 0.2) is 0 Å². The fourth-order valence-electron chi connectivity index (χ4n) is 3.08. The van der Waals surface area contributed by atoms with Gasteiger partial charge in [-0.1, -0.05) is 6.92 Å². The van der Waals surface area contributed by atoms with Crippen molar-refractivity contribution in [3.8, 4) is 0 Å². The van der Waals surface area contributed by atoms with Crippen molar-refractivity contribution < 1.29 is 0 Å². The third-order valence-electron chi connectivity index (χ3n) is 4.36. The fraction of sp³-hybridized carbons (Fsp3) is 1.00. The lowest BCUT2D eigenvalue weighted by molar-refractivity contribution is 0.0271. The molecule has 3 nitrogen and oxygen atoms in total. The summed E-state index contributed by atoms with van der Waals surface area (Å²) in [5.74, 6) is 0. The molecule has 0 aromatic carbocycles. The molecular weight excluding hydrogens is 198 g/mol. The minimum absolute atomic E-state index is 0.323. The highest BCUT2D eigenvalue weighted by molar-refractivity contribution is 5.01. The highest BCUT2D eigenvalue weighted by Gasteiger charge is 2.44. The summed E-state index contributed by atoms with van der Waals surface area (Å²) in [6, 6.07) is 0.854. The molecule has 0 aromatic rings. The predicted molar refractivity (Wildman–Crippen MR) is 68.5 cm³/mol. The van der Waals surface area contributed by atoms with Gasteiger partial charge in [-0.05, 0) is 58.8 Å². The first-order valence-electron chi connectivity index (χ1n) is 6.87. The van der Waals surface area contributed by atoms with E-state index in [2.05, 4.69) is 23.8 Å². The largest absolute Gasteiger partial charge is 0.329 e. The summed E-state index contributed by atoms with van der Waals surface area (Å²) in [4.78, 5) is 5.19. The van der Waals surface area contributed by atoms with Crippen molar-refractivity contribution in [2.75, 3.05) is 33.2 Å². The second-order valence-corrected chi connectivity index (χ2v) is 5.66. The Kier molecular flexibility index (Phi) is 3.88. The van der Waals surface area contributed by atoms with Gasteiger partial charge in [-0.15, -0.1) is 0 Å². The summed E-state index contributed by atoms with van der Waals surface area (Å²) in [7, 11) is 2.22. The molecule has 0 atom stereocenters. The van der Waals surface area contributed by atoms with Gasteiger partial charge in [-0.3, -0.25) is 4.90 Å². The molecule has 3 heteroatoms. The van der Waals surface area contributed by atoms with Crippen LogP contribution < -0.4 is 5.73 Å². The Labute approximate surface area is 100.0 Å². The van der Waals surface area contributed by atoms with Crippen LogP contribution in [0.3, 0.4) is 0 Å². The van der Waals surface area contributed by atoms with Crippen molar-refractivity contribution in [1.29, 1.82) is 0 Å². The van der Waals surface area contributed by atoms with Gasteiger partial charge < -0.3 is 10.6 Å². The number of hydrogen-bond acceptors (Lipinski definition) is 3. The van der Waals surface area contributed by atoms with Crippen LogP contribution in [0.5, 0.6) is 0 Å². The molecule has 16 heavy (non-hydrogen) atoms. The van der Waals surface area contributed by atoms with Crippen molar-refractivity contribution >= 4 is 0 Å². The average molecular weight is 225 g/mol. The standard InChI is InChI=1S/C13H27N3/c1-3-8-16(12-4-5-12)13(11-14)6-9-15(2)10-7-13/h12H,3-11,14H2,1-2H3. The Hall–Kier alpha value is -0.120. The van der Waals surface area contributed by atoms with E-state index in [9.17, 15) is 0 Å². The first-order valence-corrected chi connectivity index (χ1v) is 6.87. The van der Waals surface area contributed by atoms with Crippen LogP contribution in [0.1, 0.15) is 39.0 Å². The van der Waals surface area contributed by atoms with Crippen LogP contribution in [-0.2, 0) is 0 Å². The number of nitrogens with zero attached hydrogens (tertiary/aromatic N) is 2. The van der Waals surface area contributed by atoms with Gasteiger partial charge in [-0.25, -0.2) is 0 Å². The van der Waals surface area contributed by atoms with E-state index in [1.54, 1.807) is 0 Å². The zero-order valence-electron chi connectivity index (χ0n) is 10.9. The van der Waals surface area contributed by atoms with Crippen molar-refractivity contribution in [2.45, 2.75) is 50.6 Å². The molecule has 94 valence electrons. The van der Waals surface area contributed by atoms with Crippen LogP contribution in [0.15, 0.2) is 0 Å². The second kappa shape index (κ2) is 5.03. The normalized spacial score (nSPS) is 26.2. The lowest BCUT2D eigenvalue weighted by Crippen LogP contribution is -2.59. The Morgan fingerprint density at radius 3 is 2.38 bits per heavy atom. The van der Waals surface area contributed by atoms with Gasteiger partial charge in [0.1, 0.15) is 0 Å². The monoisotopic (exact) mass is 225 g/mol. The Morgan fingerprint density at radius 1 is 1.31 bits per heavy atom. The lowest BCUT2D eigenvalue weighted by Gasteiger charge is -2.48. The van der Waals surface area contributed by atoms with Crippen molar-refractivity contribution in [3.63, 3.8) is 0 Å². The quantitative estimate of drug-likeness (QED) is 0.765. The first kappa shape index (κ1) is 12.3. The second-order valence-electron chi connectivity index (χ2n) is 5.66. The molecule has 0 bridgehead atoms. The van der Waals surface area contributed by atoms with E-state index in [-0.39, 0.29) is 0 Å². The van der Waals surface area contributed by atoms with Gasteiger partial charge >= 0.3 is 0 Å². The van der Waals surface area contributed by atoms with E-state index in [0.717, 1.165) is 12.6 Å². The summed E-state index contributed by atoms with van der Waals surface area (Å²) < 4.78 is 0. The molecule has 2 rings (SSSR count). The molecule has 1 heterocycles. The zero-order chi connectivity index (χ0) is 11.6. The Morgan fingerprint density at radius 2 is 1.94 bits per heavy atom. The number of nitrogens with two attached hydrogens (primary N) is 1. The van der Waals surface area contributed by atoms with Crippen LogP contribution in [0, 0.1) is 0 Å². The average Bonchev–Trinajstić information content (AvgIpc) is 3.12. The predicted octanol–water partition coefficient (Wildman–Crippen LogP) is 1.28. The fourth-order valence-corrected chi connectivity index (χ4v) is 3.08. The Bertz CT molecular complexity index is 217. The SMILES string of the molecule is CCCN(C1CC1)C1(CN)CCN(C)CC1. The minimum atomic E-state index is 0.323. The maximum absolute atomic E-state index is 6.12. The molecule has 0 unspecified atom stereocenters. The van der Waals surface area contributed by atoms with E-state index in [1.807, 2.05) is 0 Å². The lowest BCUT2D eigenvalue weighted by atomic mass is 9.85. The first-order chi connectivity index (χ1) is 7.72. The van der Waals surface area contributed by atoms with Gasteiger partial charge in [0.05, 0.1) is 0 Å². The van der Waals surface area contributed by atoms with Crippen molar-refractivity contribution in [1.82, 2.24) is 9.80 Å². The summed E-state index contributed by atoms with van der Waals surface area (Å²) in [5.41, 5.74) is 6.44. The maximum Gasteiger partial charge on any atom is 0.0358 e. The van der Waals surface area contributed by atoms with Gasteiger partial charge in [0, 0.05) is 18.1 Å². The molecule has 0 radical (unpaired) electrons. The molecule has 0 spiro atoms. The molecule has 1 saturated carbocycles. The third-order valence-corrected chi connectivity index (χ3v) is 4.36. The van der Waals surface area contributed by atoms with E-state index in [0.29, 0.717) is 5.54 Å². The highest BCUT2D eigenvalue weighted by Crippen LogP contribution is 2.37. The molecule has 1 saturated heterocycles. The van der Waals surface area contributed by atoms with E-state index in [4.69, 9.17) is 5.73 Å². The summed E-state index contributed by atoms with van der Waals surface area (Å²) >= 11 is 0. The molecule has 2 fully saturated rings.